The number of rotatable bonds is 2. The second kappa shape index (κ2) is 7.88. The maximum Gasteiger partial charge on any atom is 0.320 e. The number of ketones is 1. The number of carbonyl (C=O) groups excluding carboxylic acids is 2. The summed E-state index contributed by atoms with van der Waals surface area (Å²) < 4.78 is 5.64. The summed E-state index contributed by atoms with van der Waals surface area (Å²) in [7, 11) is 0. The molecule has 0 N–H and O–H groups in total. The fourth-order valence-electron chi connectivity index (χ4n) is 4.97. The molecule has 3 saturated heterocycles. The van der Waals surface area contributed by atoms with Gasteiger partial charge in [-0.3, -0.25) is 4.79 Å². The van der Waals surface area contributed by atoms with Crippen LogP contribution in [0.2, 0.25) is 0 Å². The zero-order chi connectivity index (χ0) is 20.7. The van der Waals surface area contributed by atoms with Gasteiger partial charge < -0.3 is 14.5 Å². The van der Waals surface area contributed by atoms with Crippen molar-refractivity contribution in [3.8, 4) is 11.1 Å². The van der Waals surface area contributed by atoms with Gasteiger partial charge in [-0.15, -0.1) is 0 Å². The lowest BCUT2D eigenvalue weighted by Gasteiger charge is -2.46. The number of nitrogens with zero attached hydrogens (tertiary/aromatic N) is 2. The van der Waals surface area contributed by atoms with Crippen molar-refractivity contribution in [2.45, 2.75) is 31.8 Å². The van der Waals surface area contributed by atoms with Crippen LogP contribution in [0.15, 0.2) is 48.5 Å². The van der Waals surface area contributed by atoms with E-state index in [1.807, 2.05) is 9.80 Å². The molecule has 3 fully saturated rings. The van der Waals surface area contributed by atoms with Gasteiger partial charge in [0, 0.05) is 44.4 Å². The third-order valence-corrected chi connectivity index (χ3v) is 6.77. The normalized spacial score (nSPS) is 24.4. The van der Waals surface area contributed by atoms with Crippen LogP contribution in [0.1, 0.15) is 29.9 Å². The van der Waals surface area contributed by atoms with E-state index in [9.17, 15) is 9.59 Å². The van der Waals surface area contributed by atoms with Crippen molar-refractivity contribution in [1.82, 2.24) is 9.80 Å². The molecule has 0 spiro atoms. The van der Waals surface area contributed by atoms with E-state index in [2.05, 4.69) is 55.5 Å². The van der Waals surface area contributed by atoms with Crippen LogP contribution in [0.5, 0.6) is 0 Å². The Morgan fingerprint density at radius 2 is 1.80 bits per heavy atom. The van der Waals surface area contributed by atoms with E-state index in [1.165, 1.54) is 22.3 Å². The molecule has 2 aromatic rings. The Morgan fingerprint density at radius 3 is 2.57 bits per heavy atom. The van der Waals surface area contributed by atoms with Crippen LogP contribution in [-0.4, -0.2) is 60.5 Å². The monoisotopic (exact) mass is 404 g/mol. The first-order chi connectivity index (χ1) is 14.6. The Labute approximate surface area is 177 Å². The van der Waals surface area contributed by atoms with Crippen molar-refractivity contribution in [1.29, 1.82) is 0 Å². The van der Waals surface area contributed by atoms with Crippen molar-refractivity contribution in [2.24, 2.45) is 5.92 Å². The second-order valence-electron chi connectivity index (χ2n) is 8.96. The number of amides is 2. The summed E-state index contributed by atoms with van der Waals surface area (Å²) in [4.78, 5) is 28.5. The highest BCUT2D eigenvalue weighted by atomic mass is 16.5. The number of fused-ring (bicyclic) bond motifs is 1. The topological polar surface area (TPSA) is 49.9 Å². The van der Waals surface area contributed by atoms with Crippen molar-refractivity contribution < 1.29 is 14.3 Å². The molecule has 0 saturated carbocycles. The molecule has 156 valence electrons. The van der Waals surface area contributed by atoms with Crippen LogP contribution in [0, 0.1) is 12.8 Å². The highest BCUT2D eigenvalue weighted by molar-refractivity contribution is 5.81. The predicted molar refractivity (Wildman–Crippen MR) is 115 cm³/mol. The van der Waals surface area contributed by atoms with Crippen LogP contribution in [0.25, 0.3) is 11.1 Å². The number of hydrogen-bond acceptors (Lipinski definition) is 3. The predicted octanol–water partition coefficient (Wildman–Crippen LogP) is 3.86. The molecule has 0 radical (unpaired) electrons. The Balaban J connectivity index is 1.17. The Kier molecular flexibility index (Phi) is 5.07. The van der Waals surface area contributed by atoms with Crippen molar-refractivity contribution >= 4 is 11.8 Å². The molecule has 3 aliphatic rings. The summed E-state index contributed by atoms with van der Waals surface area (Å²) >= 11 is 0. The van der Waals surface area contributed by atoms with Gasteiger partial charge >= 0.3 is 6.03 Å². The van der Waals surface area contributed by atoms with Gasteiger partial charge in [-0.25, -0.2) is 4.79 Å². The highest BCUT2D eigenvalue weighted by Crippen LogP contribution is 2.32. The van der Waals surface area contributed by atoms with Gasteiger partial charge in [0.2, 0.25) is 0 Å². The number of ether oxygens (including phenoxy) is 1. The van der Waals surface area contributed by atoms with E-state index in [0.29, 0.717) is 18.9 Å². The summed E-state index contributed by atoms with van der Waals surface area (Å²) in [5, 5.41) is 0. The largest absolute Gasteiger partial charge is 0.370 e. The minimum Gasteiger partial charge on any atom is -0.370 e. The standard InChI is InChI=1S/C25H28N2O3/c1-17-3-2-4-20(11-17)18-5-7-19(8-6-18)22-14-27(15-22)25(29)26-10-9-24-21(13-26)12-23(28)16-30-24/h2-8,11,21-22,24H,9-10,12-16H2,1H3/t21-,24+/m1/s1. The molecule has 3 heterocycles. The molecule has 30 heavy (non-hydrogen) atoms. The van der Waals surface area contributed by atoms with Crippen molar-refractivity contribution in [2.75, 3.05) is 32.8 Å². The van der Waals surface area contributed by atoms with Crippen molar-refractivity contribution in [3.05, 3.63) is 59.7 Å². The molecule has 5 heteroatoms. The van der Waals surface area contributed by atoms with Crippen LogP contribution in [0.3, 0.4) is 0 Å². The Bertz CT molecular complexity index is 949. The Morgan fingerprint density at radius 1 is 1.00 bits per heavy atom. The third-order valence-electron chi connectivity index (χ3n) is 6.77. The molecular weight excluding hydrogens is 376 g/mol. The molecular formula is C25H28N2O3. The van der Waals surface area contributed by atoms with Gasteiger partial charge in [0.15, 0.2) is 5.78 Å². The average Bonchev–Trinajstić information content (AvgIpc) is 2.72. The maximum absolute atomic E-state index is 12.9. The van der Waals surface area contributed by atoms with Crippen molar-refractivity contribution in [3.63, 3.8) is 0 Å². The summed E-state index contributed by atoms with van der Waals surface area (Å²) in [5.41, 5.74) is 5.01. The van der Waals surface area contributed by atoms with E-state index in [4.69, 9.17) is 4.74 Å². The first-order valence-corrected chi connectivity index (χ1v) is 10.9. The lowest BCUT2D eigenvalue weighted by molar-refractivity contribution is -0.140. The number of benzene rings is 2. The first kappa shape index (κ1) is 19.3. The summed E-state index contributed by atoms with van der Waals surface area (Å²) in [6.07, 6.45) is 1.52. The molecule has 0 bridgehead atoms. The smallest absolute Gasteiger partial charge is 0.320 e. The fourth-order valence-corrected chi connectivity index (χ4v) is 4.97. The lowest BCUT2D eigenvalue weighted by Crippen LogP contribution is -2.58. The highest BCUT2D eigenvalue weighted by Gasteiger charge is 2.40. The van der Waals surface area contributed by atoms with Crippen LogP contribution >= 0.6 is 0 Å². The third kappa shape index (κ3) is 3.74. The molecule has 0 aromatic heterocycles. The Hall–Kier alpha value is -2.66. The zero-order valence-electron chi connectivity index (χ0n) is 17.4. The molecule has 5 rings (SSSR count). The zero-order valence-corrected chi connectivity index (χ0v) is 17.4. The SMILES string of the molecule is Cc1cccc(-c2ccc(C3CN(C(=O)N4CC[C@@H]5OCC(=O)C[C@@H]5C4)C3)cc2)c1. The molecule has 2 amide bonds. The maximum atomic E-state index is 12.9. The van der Waals surface area contributed by atoms with E-state index in [-0.39, 0.29) is 30.4 Å². The molecule has 2 atom stereocenters. The summed E-state index contributed by atoms with van der Waals surface area (Å²) in [6, 6.07) is 17.4. The molecule has 2 aromatic carbocycles. The number of likely N-dealkylation sites (tertiary alicyclic amines) is 2. The van der Waals surface area contributed by atoms with Crippen LogP contribution in [-0.2, 0) is 9.53 Å². The number of urea groups is 1. The van der Waals surface area contributed by atoms with Crippen LogP contribution < -0.4 is 0 Å². The van der Waals surface area contributed by atoms with Gasteiger partial charge in [0.05, 0.1) is 6.10 Å². The van der Waals surface area contributed by atoms with Gasteiger partial charge in [0.1, 0.15) is 6.61 Å². The van der Waals surface area contributed by atoms with E-state index in [1.54, 1.807) is 0 Å². The quantitative estimate of drug-likeness (QED) is 0.764. The first-order valence-electron chi connectivity index (χ1n) is 10.9. The molecule has 0 aliphatic carbocycles. The number of hydrogen-bond donors (Lipinski definition) is 0. The van der Waals surface area contributed by atoms with E-state index in [0.717, 1.165) is 26.1 Å². The number of carbonyl (C=O) groups is 2. The fraction of sp³-hybridized carbons (Fsp3) is 0.440. The van der Waals surface area contributed by atoms with Gasteiger partial charge in [-0.1, -0.05) is 54.1 Å². The molecule has 3 aliphatic heterocycles. The summed E-state index contributed by atoms with van der Waals surface area (Å²) in [5.74, 6) is 0.719. The average molecular weight is 405 g/mol. The minimum atomic E-state index is 0.110. The van der Waals surface area contributed by atoms with Gasteiger partial charge in [-0.2, -0.15) is 0 Å². The molecule has 5 nitrogen and oxygen atoms in total. The second-order valence-corrected chi connectivity index (χ2v) is 8.96. The van der Waals surface area contributed by atoms with Crippen LogP contribution in [0.4, 0.5) is 4.79 Å². The number of piperidine rings is 1. The summed E-state index contributed by atoms with van der Waals surface area (Å²) in [6.45, 7) is 5.25. The van der Waals surface area contributed by atoms with E-state index < -0.39 is 0 Å². The van der Waals surface area contributed by atoms with Gasteiger partial charge in [0.25, 0.3) is 0 Å². The molecule has 0 unspecified atom stereocenters. The number of aryl methyl sites for hydroxylation is 1. The van der Waals surface area contributed by atoms with Gasteiger partial charge in [-0.05, 0) is 30.0 Å². The number of Topliss-reactive ketones (excluding diaryl/α,β-unsaturated/α-hetero) is 1. The minimum absolute atomic E-state index is 0.110. The lowest BCUT2D eigenvalue weighted by atomic mass is 9.87. The van der Waals surface area contributed by atoms with E-state index >= 15 is 0 Å².